The van der Waals surface area contributed by atoms with Gasteiger partial charge < -0.3 is 9.31 Å². The molecule has 4 rings (SSSR count). The van der Waals surface area contributed by atoms with Gasteiger partial charge in [0, 0.05) is 30.2 Å². The molecule has 0 aromatic heterocycles. The Morgan fingerprint density at radius 1 is 1.00 bits per heavy atom. The molecule has 3 aliphatic heterocycles. The minimum absolute atomic E-state index is 0.0674. The molecule has 3 aliphatic rings. The maximum Gasteiger partial charge on any atom is 0.457 e. The number of likely N-dealkylation sites (tertiary alicyclic amines) is 2. The van der Waals surface area contributed by atoms with Crippen molar-refractivity contribution in [1.82, 2.24) is 9.80 Å². The maximum absolute atomic E-state index is 6.27. The lowest BCUT2D eigenvalue weighted by Crippen LogP contribution is -2.47. The Kier molecular flexibility index (Phi) is 7.35. The molecule has 1 aromatic rings. The molecule has 5 heteroatoms. The number of unbranched alkanes of at least 4 members (excludes halogenated alkanes) is 1. The van der Waals surface area contributed by atoms with Gasteiger partial charge in [-0.3, -0.25) is 9.80 Å². The van der Waals surface area contributed by atoms with Crippen LogP contribution in [0.5, 0.6) is 0 Å². The van der Waals surface area contributed by atoms with Gasteiger partial charge in [0.25, 0.3) is 0 Å². The molecule has 3 saturated heterocycles. The molecule has 1 aromatic carbocycles. The van der Waals surface area contributed by atoms with Gasteiger partial charge in [-0.05, 0) is 92.1 Å². The fourth-order valence-electron chi connectivity index (χ4n) is 7.04. The van der Waals surface area contributed by atoms with E-state index in [0.29, 0.717) is 6.04 Å². The summed E-state index contributed by atoms with van der Waals surface area (Å²) in [6, 6.07) is 11.8. The molecule has 3 fully saturated rings. The number of benzene rings is 1. The van der Waals surface area contributed by atoms with Crippen molar-refractivity contribution in [3.63, 3.8) is 0 Å². The fourth-order valence-corrected chi connectivity index (χ4v) is 7.04. The highest BCUT2D eigenvalue weighted by Crippen LogP contribution is 2.50. The normalized spacial score (nSPS) is 31.4. The largest absolute Gasteiger partial charge is 0.457 e. The van der Waals surface area contributed by atoms with Crippen LogP contribution >= 0.6 is 0 Å². The van der Waals surface area contributed by atoms with Gasteiger partial charge in [-0.2, -0.15) is 0 Å². The second-order valence-corrected chi connectivity index (χ2v) is 13.1. The summed E-state index contributed by atoms with van der Waals surface area (Å²) in [5.41, 5.74) is 1.51. The summed E-state index contributed by atoms with van der Waals surface area (Å²) in [4.78, 5) is 5.67. The Morgan fingerprint density at radius 3 is 2.24 bits per heavy atom. The van der Waals surface area contributed by atoms with E-state index in [-0.39, 0.29) is 29.4 Å². The Morgan fingerprint density at radius 2 is 1.65 bits per heavy atom. The van der Waals surface area contributed by atoms with E-state index in [2.05, 4.69) is 95.5 Å². The third-order valence-corrected chi connectivity index (χ3v) is 9.56. The smallest absolute Gasteiger partial charge is 0.403 e. The Hall–Kier alpha value is -0.875. The van der Waals surface area contributed by atoms with Gasteiger partial charge in [0.05, 0.1) is 11.2 Å². The summed E-state index contributed by atoms with van der Waals surface area (Å²) < 4.78 is 12.5. The van der Waals surface area contributed by atoms with Crippen LogP contribution in [0.4, 0.5) is 0 Å². The van der Waals surface area contributed by atoms with Gasteiger partial charge in [-0.1, -0.05) is 50.1 Å². The molecule has 0 amide bonds. The highest BCUT2D eigenvalue weighted by Gasteiger charge is 2.57. The predicted molar refractivity (Wildman–Crippen MR) is 143 cm³/mol. The third-order valence-electron chi connectivity index (χ3n) is 9.56. The quantitative estimate of drug-likeness (QED) is 0.326. The van der Waals surface area contributed by atoms with Crippen molar-refractivity contribution < 1.29 is 9.31 Å². The van der Waals surface area contributed by atoms with Crippen molar-refractivity contribution in [3.05, 3.63) is 35.9 Å². The summed E-state index contributed by atoms with van der Waals surface area (Å²) in [5.74, 6) is 0.761. The molecule has 3 heterocycles. The SMILES string of the molecule is CC[C@@]1(CCCCB2OC(C)(C)C(C)(C)O2)[C@H]2CCN(C(C)(C)C)[C@H]2CN1Cc1ccccc1. The lowest BCUT2D eigenvalue weighted by Gasteiger charge is -2.42. The fraction of sp³-hybridized carbons (Fsp3) is 0.793. The second kappa shape index (κ2) is 9.54. The minimum Gasteiger partial charge on any atom is -0.403 e. The number of nitrogens with zero attached hydrogens (tertiary/aromatic N) is 2. The van der Waals surface area contributed by atoms with Crippen molar-refractivity contribution >= 4 is 7.12 Å². The van der Waals surface area contributed by atoms with Crippen LogP contribution in [0.25, 0.3) is 0 Å². The molecular weight excluding hydrogens is 419 g/mol. The van der Waals surface area contributed by atoms with Crippen LogP contribution in [0.1, 0.15) is 93.1 Å². The number of rotatable bonds is 8. The van der Waals surface area contributed by atoms with Gasteiger partial charge in [-0.15, -0.1) is 0 Å². The molecule has 190 valence electrons. The van der Waals surface area contributed by atoms with Gasteiger partial charge in [0.15, 0.2) is 0 Å². The van der Waals surface area contributed by atoms with Crippen LogP contribution in [0, 0.1) is 5.92 Å². The second-order valence-electron chi connectivity index (χ2n) is 13.1. The van der Waals surface area contributed by atoms with Crippen LogP contribution in [0.3, 0.4) is 0 Å². The maximum atomic E-state index is 6.27. The van der Waals surface area contributed by atoms with Crippen molar-refractivity contribution in [2.75, 3.05) is 13.1 Å². The Bertz CT molecular complexity index is 805. The van der Waals surface area contributed by atoms with Crippen LogP contribution < -0.4 is 0 Å². The molecule has 0 unspecified atom stereocenters. The zero-order valence-corrected chi connectivity index (χ0v) is 23.2. The van der Waals surface area contributed by atoms with Gasteiger partial charge in [0.1, 0.15) is 0 Å². The van der Waals surface area contributed by atoms with E-state index in [1.807, 2.05) is 0 Å². The molecule has 0 bridgehead atoms. The lowest BCUT2D eigenvalue weighted by atomic mass is 9.74. The molecule has 0 radical (unpaired) electrons. The first kappa shape index (κ1) is 26.2. The molecule has 0 saturated carbocycles. The lowest BCUT2D eigenvalue weighted by molar-refractivity contribution is 0.00578. The molecule has 0 spiro atoms. The average Bonchev–Trinajstić information content (AvgIpc) is 3.35. The zero-order valence-electron chi connectivity index (χ0n) is 23.2. The number of hydrogen-bond acceptors (Lipinski definition) is 4. The van der Waals surface area contributed by atoms with Crippen LogP contribution in [-0.4, -0.2) is 58.3 Å². The highest BCUT2D eigenvalue weighted by atomic mass is 16.7. The molecule has 0 aliphatic carbocycles. The minimum atomic E-state index is -0.228. The molecule has 34 heavy (non-hydrogen) atoms. The first-order valence-corrected chi connectivity index (χ1v) is 13.8. The Balaban J connectivity index is 1.46. The van der Waals surface area contributed by atoms with Crippen LogP contribution in [0.2, 0.25) is 6.32 Å². The van der Waals surface area contributed by atoms with Crippen LogP contribution in [-0.2, 0) is 15.9 Å². The average molecular weight is 469 g/mol. The first-order valence-electron chi connectivity index (χ1n) is 13.8. The zero-order chi connectivity index (χ0) is 24.8. The van der Waals surface area contributed by atoms with Gasteiger partial charge in [0.2, 0.25) is 0 Å². The monoisotopic (exact) mass is 468 g/mol. The van der Waals surface area contributed by atoms with E-state index in [1.54, 1.807) is 0 Å². The third kappa shape index (κ3) is 4.87. The van der Waals surface area contributed by atoms with Crippen molar-refractivity contribution in [2.45, 2.75) is 129 Å². The molecule has 0 N–H and O–H groups in total. The van der Waals surface area contributed by atoms with Crippen LogP contribution in [0.15, 0.2) is 30.3 Å². The number of fused-ring (bicyclic) bond motifs is 1. The van der Waals surface area contributed by atoms with E-state index in [1.165, 1.54) is 44.3 Å². The number of hydrogen-bond donors (Lipinski definition) is 0. The topological polar surface area (TPSA) is 24.9 Å². The summed E-state index contributed by atoms with van der Waals surface area (Å²) in [6.07, 6.45) is 7.23. The molecular formula is C29H49BN2O2. The van der Waals surface area contributed by atoms with Crippen molar-refractivity contribution in [2.24, 2.45) is 5.92 Å². The molecule has 4 nitrogen and oxygen atoms in total. The van der Waals surface area contributed by atoms with E-state index in [4.69, 9.17) is 9.31 Å². The predicted octanol–water partition coefficient (Wildman–Crippen LogP) is 6.40. The van der Waals surface area contributed by atoms with E-state index >= 15 is 0 Å². The Labute approximate surface area is 209 Å². The summed E-state index contributed by atoms with van der Waals surface area (Å²) in [7, 11) is -0.0674. The van der Waals surface area contributed by atoms with Crippen molar-refractivity contribution in [1.29, 1.82) is 0 Å². The van der Waals surface area contributed by atoms with Crippen molar-refractivity contribution in [3.8, 4) is 0 Å². The highest BCUT2D eigenvalue weighted by molar-refractivity contribution is 6.45. The molecule has 3 atom stereocenters. The first-order chi connectivity index (χ1) is 15.9. The summed E-state index contributed by atoms with van der Waals surface area (Å²) in [6.45, 7) is 21.7. The van der Waals surface area contributed by atoms with E-state index in [0.717, 1.165) is 25.2 Å². The van der Waals surface area contributed by atoms with Gasteiger partial charge in [-0.25, -0.2) is 0 Å². The van der Waals surface area contributed by atoms with Gasteiger partial charge >= 0.3 is 7.12 Å². The van der Waals surface area contributed by atoms with E-state index < -0.39 is 0 Å². The summed E-state index contributed by atoms with van der Waals surface area (Å²) >= 11 is 0. The standard InChI is InChI=1S/C29H49BN2O2/c1-9-29(18-13-14-19-30-33-27(5,6)28(7,8)34-30)24-17-20-32(26(2,3)4)25(24)22-31(29)21-23-15-11-10-12-16-23/h10-12,15-16,24-25H,9,13-14,17-22H2,1-8H3/t24-,25-,29+/m0/s1. The van der Waals surface area contributed by atoms with E-state index in [9.17, 15) is 0 Å². The summed E-state index contributed by atoms with van der Waals surface area (Å²) in [5, 5.41) is 0.